The minimum Gasteiger partial charge on any atom is -0.383 e. The highest BCUT2D eigenvalue weighted by molar-refractivity contribution is 5.79. The van der Waals surface area contributed by atoms with Crippen molar-refractivity contribution >= 4 is 5.96 Å². The van der Waals surface area contributed by atoms with Crippen molar-refractivity contribution in [3.05, 3.63) is 35.6 Å². The van der Waals surface area contributed by atoms with Crippen LogP contribution < -0.4 is 16.6 Å². The van der Waals surface area contributed by atoms with Gasteiger partial charge in [-0.15, -0.1) is 0 Å². The summed E-state index contributed by atoms with van der Waals surface area (Å²) in [6.07, 6.45) is 0.728. The topological polar surface area (TPSA) is 71.7 Å². The average molecular weight is 268 g/mol. The summed E-state index contributed by atoms with van der Waals surface area (Å²) in [5, 5.41) is 3.09. The number of ether oxygens (including phenoxy) is 1. The average Bonchev–Trinajstić information content (AvgIpc) is 2.40. The molecule has 0 radical (unpaired) electrons. The molecule has 1 aromatic rings. The molecule has 0 aliphatic rings. The van der Waals surface area contributed by atoms with Crippen molar-refractivity contribution < 1.29 is 9.13 Å². The molecule has 0 aliphatic heterocycles. The Morgan fingerprint density at radius 1 is 1.42 bits per heavy atom. The quantitative estimate of drug-likeness (QED) is 0.309. The fourth-order valence-electron chi connectivity index (χ4n) is 1.61. The predicted molar refractivity (Wildman–Crippen MR) is 74.2 cm³/mol. The van der Waals surface area contributed by atoms with Gasteiger partial charge in [0, 0.05) is 19.7 Å². The first-order chi connectivity index (χ1) is 9.15. The smallest absolute Gasteiger partial charge is 0.206 e. The van der Waals surface area contributed by atoms with E-state index in [1.54, 1.807) is 19.2 Å². The number of benzene rings is 1. The van der Waals surface area contributed by atoms with Crippen LogP contribution in [0.5, 0.6) is 0 Å². The Labute approximate surface area is 113 Å². The van der Waals surface area contributed by atoms with Gasteiger partial charge >= 0.3 is 0 Å². The zero-order valence-electron chi connectivity index (χ0n) is 11.3. The molecule has 0 fully saturated rings. The highest BCUT2D eigenvalue weighted by atomic mass is 19.1. The molecule has 1 atom stereocenters. The van der Waals surface area contributed by atoms with E-state index in [9.17, 15) is 4.39 Å². The van der Waals surface area contributed by atoms with Crippen molar-refractivity contribution in [3.63, 3.8) is 0 Å². The van der Waals surface area contributed by atoms with Crippen molar-refractivity contribution in [1.29, 1.82) is 0 Å². The Bertz CT molecular complexity index is 394. The van der Waals surface area contributed by atoms with E-state index in [0.717, 1.165) is 12.0 Å². The van der Waals surface area contributed by atoms with E-state index in [1.165, 1.54) is 12.1 Å². The molecule has 1 aromatic carbocycles. The number of nitrogens with one attached hydrogen (secondary N) is 2. The molecular weight excluding hydrogens is 247 g/mol. The Morgan fingerprint density at radius 3 is 2.68 bits per heavy atom. The molecule has 19 heavy (non-hydrogen) atoms. The van der Waals surface area contributed by atoms with Gasteiger partial charge in [-0.2, -0.15) is 0 Å². The number of hydrogen-bond acceptors (Lipinski definition) is 3. The predicted octanol–water partition coefficient (Wildman–Crippen LogP) is 0.812. The molecule has 4 N–H and O–H groups in total. The maximum atomic E-state index is 12.7. The van der Waals surface area contributed by atoms with Crippen LogP contribution in [0.15, 0.2) is 29.3 Å². The number of nitrogens with two attached hydrogens (primary N) is 1. The van der Waals surface area contributed by atoms with Crippen molar-refractivity contribution in [2.24, 2.45) is 10.8 Å². The third kappa shape index (κ3) is 6.17. The second-order valence-electron chi connectivity index (χ2n) is 4.25. The van der Waals surface area contributed by atoms with Gasteiger partial charge in [0.15, 0.2) is 0 Å². The summed E-state index contributed by atoms with van der Waals surface area (Å²) in [6, 6.07) is 6.51. The molecule has 0 aromatic heterocycles. The summed E-state index contributed by atoms with van der Waals surface area (Å²) < 4.78 is 17.7. The summed E-state index contributed by atoms with van der Waals surface area (Å²) in [6.45, 7) is 3.10. The van der Waals surface area contributed by atoms with Crippen LogP contribution in [0.25, 0.3) is 0 Å². The van der Waals surface area contributed by atoms with Crippen LogP contribution in [0.3, 0.4) is 0 Å². The van der Waals surface area contributed by atoms with Crippen molar-refractivity contribution in [1.82, 2.24) is 10.7 Å². The SMILES string of the molecule is COCC(C)NC(=NCCc1ccc(F)cc1)NN. The lowest BCUT2D eigenvalue weighted by molar-refractivity contribution is 0.179. The van der Waals surface area contributed by atoms with E-state index >= 15 is 0 Å². The zero-order valence-corrected chi connectivity index (χ0v) is 11.3. The fourth-order valence-corrected chi connectivity index (χ4v) is 1.61. The monoisotopic (exact) mass is 268 g/mol. The maximum Gasteiger partial charge on any atom is 0.206 e. The lowest BCUT2D eigenvalue weighted by Crippen LogP contribution is -2.47. The van der Waals surface area contributed by atoms with E-state index in [-0.39, 0.29) is 11.9 Å². The van der Waals surface area contributed by atoms with E-state index < -0.39 is 0 Å². The highest BCUT2D eigenvalue weighted by Gasteiger charge is 2.03. The third-order valence-corrected chi connectivity index (χ3v) is 2.52. The van der Waals surface area contributed by atoms with E-state index in [2.05, 4.69) is 15.7 Å². The van der Waals surface area contributed by atoms with Crippen LogP contribution in [-0.2, 0) is 11.2 Å². The molecule has 0 aliphatic carbocycles. The van der Waals surface area contributed by atoms with E-state index in [0.29, 0.717) is 19.1 Å². The molecular formula is C13H21FN4O. The number of hydrazine groups is 1. The normalized spacial score (nSPS) is 13.2. The maximum absolute atomic E-state index is 12.7. The standard InChI is InChI=1S/C13H21FN4O/c1-10(9-19-2)17-13(18-15)16-8-7-11-3-5-12(14)6-4-11/h3-6,10H,7-9,15H2,1-2H3,(H2,16,17,18). The summed E-state index contributed by atoms with van der Waals surface area (Å²) in [4.78, 5) is 4.30. The third-order valence-electron chi connectivity index (χ3n) is 2.52. The highest BCUT2D eigenvalue weighted by Crippen LogP contribution is 2.03. The van der Waals surface area contributed by atoms with Gasteiger partial charge in [-0.3, -0.25) is 10.4 Å². The second kappa shape index (κ2) is 8.44. The van der Waals surface area contributed by atoms with Crippen LogP contribution in [0.1, 0.15) is 12.5 Å². The van der Waals surface area contributed by atoms with Gasteiger partial charge in [0.25, 0.3) is 0 Å². The Hall–Kier alpha value is -1.66. The Kier molecular flexibility index (Phi) is 6.84. The summed E-state index contributed by atoms with van der Waals surface area (Å²) >= 11 is 0. The van der Waals surface area contributed by atoms with Crippen molar-refractivity contribution in [2.45, 2.75) is 19.4 Å². The van der Waals surface area contributed by atoms with Gasteiger partial charge in [-0.1, -0.05) is 12.1 Å². The van der Waals surface area contributed by atoms with Gasteiger partial charge in [0.2, 0.25) is 5.96 Å². The number of methoxy groups -OCH3 is 1. The number of halogens is 1. The Balaban J connectivity index is 2.42. The zero-order chi connectivity index (χ0) is 14.1. The minimum absolute atomic E-state index is 0.116. The number of guanidine groups is 1. The van der Waals surface area contributed by atoms with Gasteiger partial charge in [0.05, 0.1) is 6.61 Å². The van der Waals surface area contributed by atoms with Gasteiger partial charge in [-0.25, -0.2) is 10.2 Å². The molecule has 6 heteroatoms. The molecule has 1 rings (SSSR count). The summed E-state index contributed by atoms with van der Waals surface area (Å²) in [5.74, 6) is 5.67. The van der Waals surface area contributed by atoms with Gasteiger partial charge in [0.1, 0.15) is 5.82 Å². The minimum atomic E-state index is -0.230. The first-order valence-corrected chi connectivity index (χ1v) is 6.16. The second-order valence-corrected chi connectivity index (χ2v) is 4.25. The summed E-state index contributed by atoms with van der Waals surface area (Å²) in [7, 11) is 1.64. The molecule has 0 heterocycles. The molecule has 106 valence electrons. The number of aliphatic imine (C=N–C) groups is 1. The molecule has 0 amide bonds. The van der Waals surface area contributed by atoms with Crippen LogP contribution in [0.2, 0.25) is 0 Å². The lowest BCUT2D eigenvalue weighted by atomic mass is 10.1. The number of hydrogen-bond donors (Lipinski definition) is 3. The molecule has 5 nitrogen and oxygen atoms in total. The van der Waals surface area contributed by atoms with Crippen LogP contribution in [0.4, 0.5) is 4.39 Å². The Morgan fingerprint density at radius 2 is 2.11 bits per heavy atom. The van der Waals surface area contributed by atoms with Gasteiger partial charge < -0.3 is 10.1 Å². The van der Waals surface area contributed by atoms with Crippen LogP contribution >= 0.6 is 0 Å². The molecule has 0 saturated heterocycles. The van der Waals surface area contributed by atoms with Crippen molar-refractivity contribution in [3.8, 4) is 0 Å². The molecule has 0 bridgehead atoms. The first-order valence-electron chi connectivity index (χ1n) is 6.16. The fraction of sp³-hybridized carbons (Fsp3) is 0.462. The van der Waals surface area contributed by atoms with Crippen LogP contribution in [-0.4, -0.2) is 32.3 Å². The number of nitrogens with zero attached hydrogens (tertiary/aromatic N) is 1. The summed E-state index contributed by atoms with van der Waals surface area (Å²) in [5.41, 5.74) is 3.54. The van der Waals surface area contributed by atoms with Gasteiger partial charge in [-0.05, 0) is 31.0 Å². The van der Waals surface area contributed by atoms with E-state index in [1.807, 2.05) is 6.92 Å². The largest absolute Gasteiger partial charge is 0.383 e. The molecule has 1 unspecified atom stereocenters. The number of rotatable bonds is 6. The van der Waals surface area contributed by atoms with Crippen LogP contribution in [0, 0.1) is 5.82 Å². The van der Waals surface area contributed by atoms with Crippen molar-refractivity contribution in [2.75, 3.05) is 20.3 Å². The molecule has 0 spiro atoms. The molecule has 0 saturated carbocycles. The first kappa shape index (κ1) is 15.4. The van der Waals surface area contributed by atoms with E-state index in [4.69, 9.17) is 10.6 Å². The lowest BCUT2D eigenvalue weighted by Gasteiger charge is -2.15.